The number of carbonyl (C=O) groups is 1. The number of nitrogens with zero attached hydrogens (tertiary/aromatic N) is 1. The molecule has 1 heterocycles. The van der Waals surface area contributed by atoms with Gasteiger partial charge in [-0.05, 0) is 25.1 Å². The fraction of sp³-hybridized carbons (Fsp3) is 0.267. The zero-order chi connectivity index (χ0) is 16.1. The van der Waals surface area contributed by atoms with Gasteiger partial charge in [0.05, 0.1) is 29.6 Å². The van der Waals surface area contributed by atoms with E-state index in [2.05, 4.69) is 0 Å². The van der Waals surface area contributed by atoms with Crippen LogP contribution < -0.4 is 5.73 Å². The summed E-state index contributed by atoms with van der Waals surface area (Å²) in [7, 11) is 0. The number of ether oxygens (including phenoxy) is 1. The van der Waals surface area contributed by atoms with Gasteiger partial charge in [-0.25, -0.2) is 0 Å². The first-order chi connectivity index (χ1) is 10.5. The number of hydrogen-bond donors (Lipinski definition) is 1. The molecule has 1 atom stereocenters. The maximum Gasteiger partial charge on any atom is 0.307 e. The van der Waals surface area contributed by atoms with Crippen LogP contribution in [0.2, 0.25) is 0 Å². The molecule has 1 aromatic carbocycles. The second-order valence-corrected chi connectivity index (χ2v) is 4.59. The molecule has 2 rings (SSSR count). The maximum atomic E-state index is 11.4. The number of rotatable bonds is 6. The molecular formula is C15H16N2O5. The molecule has 0 saturated heterocycles. The van der Waals surface area contributed by atoms with Crippen molar-refractivity contribution >= 4 is 11.7 Å². The van der Waals surface area contributed by atoms with Crippen LogP contribution in [0.4, 0.5) is 5.69 Å². The highest BCUT2D eigenvalue weighted by Gasteiger charge is 2.20. The second-order valence-electron chi connectivity index (χ2n) is 4.59. The number of benzene rings is 1. The minimum atomic E-state index is -0.657. The molecule has 0 aliphatic rings. The molecule has 0 bridgehead atoms. The van der Waals surface area contributed by atoms with Crippen molar-refractivity contribution in [1.29, 1.82) is 0 Å². The Morgan fingerprint density at radius 1 is 1.36 bits per heavy atom. The number of nitro groups is 1. The Labute approximate surface area is 126 Å². The number of nitro benzene ring substituents is 1. The van der Waals surface area contributed by atoms with E-state index in [0.717, 1.165) is 0 Å². The second kappa shape index (κ2) is 6.86. The quantitative estimate of drug-likeness (QED) is 0.499. The molecule has 2 aromatic rings. The molecule has 0 spiro atoms. The van der Waals surface area contributed by atoms with Gasteiger partial charge in [-0.15, -0.1) is 0 Å². The van der Waals surface area contributed by atoms with E-state index in [9.17, 15) is 14.9 Å². The zero-order valence-corrected chi connectivity index (χ0v) is 12.0. The number of carbonyl (C=O) groups excluding carboxylic acids is 1. The largest absolute Gasteiger partial charge is 0.466 e. The zero-order valence-electron chi connectivity index (χ0n) is 12.0. The van der Waals surface area contributed by atoms with Crippen molar-refractivity contribution in [3.05, 3.63) is 52.3 Å². The third-order valence-electron chi connectivity index (χ3n) is 3.05. The van der Waals surface area contributed by atoms with Gasteiger partial charge in [-0.2, -0.15) is 0 Å². The summed E-state index contributed by atoms with van der Waals surface area (Å²) in [5, 5.41) is 11.0. The van der Waals surface area contributed by atoms with E-state index in [1.165, 1.54) is 6.07 Å². The van der Waals surface area contributed by atoms with Crippen molar-refractivity contribution in [3.8, 4) is 11.3 Å². The fourth-order valence-corrected chi connectivity index (χ4v) is 2.04. The molecule has 7 nitrogen and oxygen atoms in total. The number of para-hydroxylation sites is 1. The normalized spacial score (nSPS) is 11.9. The molecular weight excluding hydrogens is 288 g/mol. The van der Waals surface area contributed by atoms with Crippen LogP contribution in [0.5, 0.6) is 0 Å². The molecule has 0 saturated carbocycles. The van der Waals surface area contributed by atoms with E-state index in [-0.39, 0.29) is 18.7 Å². The standard InChI is InChI=1S/C15H16N2O5/c1-2-21-15(18)9-11(16)14-8-7-13(22-14)10-5-3-4-6-12(10)17(19)20/h3-8,11H,2,9,16H2,1H3/t11-/m0/s1. The summed E-state index contributed by atoms with van der Waals surface area (Å²) in [6.45, 7) is 1.99. The smallest absolute Gasteiger partial charge is 0.307 e. The summed E-state index contributed by atoms with van der Waals surface area (Å²) >= 11 is 0. The molecule has 0 amide bonds. The van der Waals surface area contributed by atoms with Crippen molar-refractivity contribution < 1.29 is 18.9 Å². The molecule has 0 radical (unpaired) electrons. The van der Waals surface area contributed by atoms with Gasteiger partial charge in [0.1, 0.15) is 11.5 Å². The summed E-state index contributed by atoms with van der Waals surface area (Å²) in [6, 6.07) is 8.81. The van der Waals surface area contributed by atoms with Crippen LogP contribution in [-0.2, 0) is 9.53 Å². The molecule has 116 valence electrons. The third-order valence-corrected chi connectivity index (χ3v) is 3.05. The van der Waals surface area contributed by atoms with Gasteiger partial charge < -0.3 is 14.9 Å². The van der Waals surface area contributed by atoms with Gasteiger partial charge in [0, 0.05) is 6.07 Å². The molecule has 0 unspecified atom stereocenters. The highest BCUT2D eigenvalue weighted by atomic mass is 16.6. The number of furan rings is 1. The average molecular weight is 304 g/mol. The molecule has 0 aliphatic heterocycles. The lowest BCUT2D eigenvalue weighted by Gasteiger charge is -2.07. The van der Waals surface area contributed by atoms with E-state index in [1.54, 1.807) is 37.3 Å². The van der Waals surface area contributed by atoms with Crippen molar-refractivity contribution in [3.63, 3.8) is 0 Å². The Morgan fingerprint density at radius 2 is 2.09 bits per heavy atom. The van der Waals surface area contributed by atoms with Crippen LogP contribution >= 0.6 is 0 Å². The topological polar surface area (TPSA) is 109 Å². The van der Waals surface area contributed by atoms with Crippen molar-refractivity contribution in [1.82, 2.24) is 0 Å². The van der Waals surface area contributed by atoms with E-state index in [1.807, 2.05) is 0 Å². The van der Waals surface area contributed by atoms with Crippen LogP contribution in [-0.4, -0.2) is 17.5 Å². The van der Waals surface area contributed by atoms with E-state index in [0.29, 0.717) is 17.1 Å². The molecule has 2 N–H and O–H groups in total. The maximum absolute atomic E-state index is 11.4. The average Bonchev–Trinajstić information content (AvgIpc) is 2.97. The van der Waals surface area contributed by atoms with Crippen LogP contribution in [0.1, 0.15) is 25.1 Å². The Kier molecular flexibility index (Phi) is 4.90. The number of hydrogen-bond acceptors (Lipinski definition) is 6. The highest BCUT2D eigenvalue weighted by Crippen LogP contribution is 2.32. The van der Waals surface area contributed by atoms with Gasteiger partial charge in [0.15, 0.2) is 0 Å². The molecule has 22 heavy (non-hydrogen) atoms. The Balaban J connectivity index is 2.22. The van der Waals surface area contributed by atoms with Gasteiger partial charge in [-0.3, -0.25) is 14.9 Å². The van der Waals surface area contributed by atoms with E-state index < -0.39 is 16.9 Å². The summed E-state index contributed by atoms with van der Waals surface area (Å²) < 4.78 is 10.4. The van der Waals surface area contributed by atoms with Gasteiger partial charge in [0.2, 0.25) is 0 Å². The first kappa shape index (κ1) is 15.7. The third kappa shape index (κ3) is 3.50. The SMILES string of the molecule is CCOC(=O)C[C@H](N)c1ccc(-c2ccccc2[N+](=O)[O-])o1. The lowest BCUT2D eigenvalue weighted by Crippen LogP contribution is -2.16. The monoisotopic (exact) mass is 304 g/mol. The molecule has 7 heteroatoms. The highest BCUT2D eigenvalue weighted by molar-refractivity contribution is 5.71. The van der Waals surface area contributed by atoms with Crippen LogP contribution in [0.3, 0.4) is 0 Å². The van der Waals surface area contributed by atoms with Crippen LogP contribution in [0, 0.1) is 10.1 Å². The van der Waals surface area contributed by atoms with Gasteiger partial charge >= 0.3 is 5.97 Å². The van der Waals surface area contributed by atoms with Crippen LogP contribution in [0.15, 0.2) is 40.8 Å². The van der Waals surface area contributed by atoms with E-state index in [4.69, 9.17) is 14.9 Å². The molecule has 1 aromatic heterocycles. The Hall–Kier alpha value is -2.67. The first-order valence-electron chi connectivity index (χ1n) is 6.77. The minimum absolute atomic E-state index is 0.0162. The summed E-state index contributed by atoms with van der Waals surface area (Å²) in [4.78, 5) is 22.0. The predicted molar refractivity (Wildman–Crippen MR) is 79.0 cm³/mol. The molecule has 0 fully saturated rings. The lowest BCUT2D eigenvalue weighted by atomic mass is 10.1. The number of esters is 1. The Bertz CT molecular complexity index is 680. The van der Waals surface area contributed by atoms with E-state index >= 15 is 0 Å². The van der Waals surface area contributed by atoms with Crippen molar-refractivity contribution in [2.24, 2.45) is 5.73 Å². The van der Waals surface area contributed by atoms with Gasteiger partial charge in [0.25, 0.3) is 5.69 Å². The fourth-order valence-electron chi connectivity index (χ4n) is 2.04. The Morgan fingerprint density at radius 3 is 2.77 bits per heavy atom. The minimum Gasteiger partial charge on any atom is -0.466 e. The van der Waals surface area contributed by atoms with Crippen molar-refractivity contribution in [2.75, 3.05) is 6.61 Å². The van der Waals surface area contributed by atoms with Gasteiger partial charge in [-0.1, -0.05) is 12.1 Å². The van der Waals surface area contributed by atoms with Crippen molar-refractivity contribution in [2.45, 2.75) is 19.4 Å². The molecule has 0 aliphatic carbocycles. The number of nitrogens with two attached hydrogens (primary N) is 1. The summed E-state index contributed by atoms with van der Waals surface area (Å²) in [5.74, 6) is 0.293. The van der Waals surface area contributed by atoms with Crippen LogP contribution in [0.25, 0.3) is 11.3 Å². The lowest BCUT2D eigenvalue weighted by molar-refractivity contribution is -0.384. The first-order valence-corrected chi connectivity index (χ1v) is 6.77. The predicted octanol–water partition coefficient (Wildman–Crippen LogP) is 2.81. The summed E-state index contributed by atoms with van der Waals surface area (Å²) in [5.41, 5.74) is 6.20. The summed E-state index contributed by atoms with van der Waals surface area (Å²) in [6.07, 6.45) is -0.0162.